The normalized spacial score (nSPS) is 8.75. The molecule has 0 saturated heterocycles. The minimum atomic E-state index is -0.148. The topological polar surface area (TPSA) is 43.1 Å². The van der Waals surface area contributed by atoms with Crippen molar-refractivity contribution in [2.24, 2.45) is 5.73 Å². The van der Waals surface area contributed by atoms with Crippen LogP contribution in [0.15, 0.2) is 0 Å². The van der Waals surface area contributed by atoms with E-state index in [0.717, 1.165) is 11.8 Å². The van der Waals surface area contributed by atoms with Crippen LogP contribution in [0.4, 0.5) is 0 Å². The third kappa shape index (κ3) is 4.58. The van der Waals surface area contributed by atoms with Crippen molar-refractivity contribution in [1.82, 2.24) is 0 Å². The molecule has 0 aromatic carbocycles. The number of rotatable bonds is 1. The van der Waals surface area contributed by atoms with Crippen LogP contribution >= 0.6 is 36.6 Å². The second-order valence-electron chi connectivity index (χ2n) is 0.944. The molecule has 0 aliphatic rings. The van der Waals surface area contributed by atoms with Crippen LogP contribution in [0, 0.1) is 0 Å². The standard InChI is InChI=1S/C3H5NOS3/c4-1-2(5)8-3(6)7/h1,4H2,(H,6,7). The molecule has 0 amide bonds. The molecule has 46 valence electrons. The molecule has 0 bridgehead atoms. The Morgan fingerprint density at radius 1 is 1.88 bits per heavy atom. The van der Waals surface area contributed by atoms with Crippen molar-refractivity contribution in [3.63, 3.8) is 0 Å². The van der Waals surface area contributed by atoms with Gasteiger partial charge >= 0.3 is 0 Å². The summed E-state index contributed by atoms with van der Waals surface area (Å²) in [4.78, 5) is 10.3. The number of hydrogen-bond acceptors (Lipinski definition) is 4. The van der Waals surface area contributed by atoms with Crippen molar-refractivity contribution >= 4 is 45.3 Å². The number of hydrogen-bond donors (Lipinski definition) is 2. The zero-order valence-electron chi connectivity index (χ0n) is 3.96. The van der Waals surface area contributed by atoms with Gasteiger partial charge in [0.1, 0.15) is 3.53 Å². The van der Waals surface area contributed by atoms with Crippen molar-refractivity contribution in [1.29, 1.82) is 0 Å². The van der Waals surface area contributed by atoms with Gasteiger partial charge in [0, 0.05) is 0 Å². The monoisotopic (exact) mass is 167 g/mol. The summed E-state index contributed by atoms with van der Waals surface area (Å²) < 4.78 is 0.320. The van der Waals surface area contributed by atoms with E-state index in [1.54, 1.807) is 0 Å². The average molecular weight is 167 g/mol. The van der Waals surface area contributed by atoms with E-state index >= 15 is 0 Å². The Morgan fingerprint density at radius 2 is 2.38 bits per heavy atom. The van der Waals surface area contributed by atoms with Crippen LogP contribution in [0.1, 0.15) is 0 Å². The number of thiol groups is 1. The second kappa shape index (κ2) is 4.31. The molecule has 0 aliphatic heterocycles. The summed E-state index contributed by atoms with van der Waals surface area (Å²) in [6.07, 6.45) is 0. The van der Waals surface area contributed by atoms with E-state index in [9.17, 15) is 4.79 Å². The number of thioether (sulfide) groups is 1. The minimum Gasteiger partial charge on any atom is -0.323 e. The SMILES string of the molecule is NCC(=O)SC(=S)S. The van der Waals surface area contributed by atoms with Crippen LogP contribution < -0.4 is 5.73 Å². The van der Waals surface area contributed by atoms with Crippen LogP contribution in [-0.4, -0.2) is 15.2 Å². The minimum absolute atomic E-state index is 0.0192. The highest BCUT2D eigenvalue weighted by molar-refractivity contribution is 8.47. The lowest BCUT2D eigenvalue weighted by Crippen LogP contribution is -2.09. The van der Waals surface area contributed by atoms with Gasteiger partial charge in [0.15, 0.2) is 0 Å². The zero-order valence-corrected chi connectivity index (χ0v) is 6.48. The van der Waals surface area contributed by atoms with E-state index < -0.39 is 0 Å². The maximum atomic E-state index is 10.3. The van der Waals surface area contributed by atoms with Crippen molar-refractivity contribution in [3.8, 4) is 0 Å². The van der Waals surface area contributed by atoms with Crippen molar-refractivity contribution in [3.05, 3.63) is 0 Å². The van der Waals surface area contributed by atoms with Gasteiger partial charge in [-0.15, -0.1) is 12.6 Å². The zero-order chi connectivity index (χ0) is 6.57. The van der Waals surface area contributed by atoms with Crippen LogP contribution in [-0.2, 0) is 4.79 Å². The summed E-state index contributed by atoms with van der Waals surface area (Å²) in [7, 11) is 0. The molecule has 0 saturated carbocycles. The van der Waals surface area contributed by atoms with Gasteiger partial charge in [0.25, 0.3) is 0 Å². The molecule has 2 nitrogen and oxygen atoms in total. The van der Waals surface area contributed by atoms with Gasteiger partial charge in [-0.3, -0.25) is 4.79 Å². The summed E-state index contributed by atoms with van der Waals surface area (Å²) in [5.41, 5.74) is 4.96. The molecule has 0 heterocycles. The van der Waals surface area contributed by atoms with Crippen molar-refractivity contribution < 1.29 is 4.79 Å². The second-order valence-corrected chi connectivity index (χ2v) is 3.73. The molecule has 0 aromatic rings. The summed E-state index contributed by atoms with van der Waals surface area (Å²) in [5, 5.41) is -0.148. The third-order valence-electron chi connectivity index (χ3n) is 0.368. The first-order chi connectivity index (χ1) is 3.66. The fraction of sp³-hybridized carbons (Fsp3) is 0.333. The van der Waals surface area contributed by atoms with Gasteiger partial charge in [0.05, 0.1) is 6.54 Å². The summed E-state index contributed by atoms with van der Waals surface area (Å²) >= 11 is 9.08. The number of carbonyl (C=O) groups is 1. The molecule has 0 spiro atoms. The van der Waals surface area contributed by atoms with E-state index in [4.69, 9.17) is 5.73 Å². The Hall–Kier alpha value is 0.420. The van der Waals surface area contributed by atoms with Crippen molar-refractivity contribution in [2.45, 2.75) is 0 Å². The quantitative estimate of drug-likeness (QED) is 0.439. The van der Waals surface area contributed by atoms with Crippen LogP contribution in [0.25, 0.3) is 0 Å². The lowest BCUT2D eigenvalue weighted by atomic mass is 10.8. The highest BCUT2D eigenvalue weighted by Crippen LogP contribution is 2.06. The lowest BCUT2D eigenvalue weighted by molar-refractivity contribution is -0.109. The number of carbonyl (C=O) groups excluding carboxylic acids is 1. The Labute approximate surface area is 62.6 Å². The molecule has 0 unspecified atom stereocenters. The first-order valence-corrected chi connectivity index (χ1v) is 3.47. The Bertz CT molecular complexity index is 113. The van der Waals surface area contributed by atoms with Gasteiger partial charge in [-0.1, -0.05) is 12.2 Å². The predicted molar refractivity (Wildman–Crippen MR) is 43.2 cm³/mol. The molecule has 0 radical (unpaired) electrons. The maximum Gasteiger partial charge on any atom is 0.208 e. The Kier molecular flexibility index (Phi) is 4.54. The van der Waals surface area contributed by atoms with E-state index in [2.05, 4.69) is 24.8 Å². The smallest absolute Gasteiger partial charge is 0.208 e. The molecule has 0 aromatic heterocycles. The predicted octanol–water partition coefficient (Wildman–Crippen LogP) is 0.420. The van der Waals surface area contributed by atoms with Gasteiger partial charge in [0.2, 0.25) is 5.12 Å². The summed E-state index contributed by atoms with van der Waals surface area (Å²) in [5.74, 6) is 0. The third-order valence-corrected chi connectivity index (χ3v) is 1.46. The molecular formula is C3H5NOS3. The van der Waals surface area contributed by atoms with Gasteiger partial charge in [-0.05, 0) is 11.8 Å². The lowest BCUT2D eigenvalue weighted by Gasteiger charge is -1.88. The largest absolute Gasteiger partial charge is 0.323 e. The average Bonchev–Trinajstić information content (AvgIpc) is 1.65. The first-order valence-electron chi connectivity index (χ1n) is 1.80. The summed E-state index contributed by atoms with van der Waals surface area (Å²) in [6, 6.07) is 0. The fourth-order valence-electron chi connectivity index (χ4n) is 0.139. The highest BCUT2D eigenvalue weighted by atomic mass is 32.2. The van der Waals surface area contributed by atoms with E-state index in [-0.39, 0.29) is 11.7 Å². The molecule has 0 aliphatic carbocycles. The number of thiocarbonyl (C=S) groups is 1. The van der Waals surface area contributed by atoms with E-state index in [1.165, 1.54) is 0 Å². The summed E-state index contributed by atoms with van der Waals surface area (Å²) in [6.45, 7) is 0.0192. The molecule has 0 fully saturated rings. The van der Waals surface area contributed by atoms with Crippen molar-refractivity contribution in [2.75, 3.05) is 6.54 Å². The molecule has 2 N–H and O–H groups in total. The fourth-order valence-corrected chi connectivity index (χ4v) is 1.00. The number of nitrogens with two attached hydrogens (primary N) is 1. The van der Waals surface area contributed by atoms with Gasteiger partial charge < -0.3 is 5.73 Å². The molecular weight excluding hydrogens is 162 g/mol. The highest BCUT2D eigenvalue weighted by Gasteiger charge is 1.98. The van der Waals surface area contributed by atoms with Crippen LogP contribution in [0.3, 0.4) is 0 Å². The van der Waals surface area contributed by atoms with E-state index in [1.807, 2.05) is 0 Å². The molecule has 5 heteroatoms. The molecule has 8 heavy (non-hydrogen) atoms. The van der Waals surface area contributed by atoms with Gasteiger partial charge in [-0.25, -0.2) is 0 Å². The maximum absolute atomic E-state index is 10.3. The van der Waals surface area contributed by atoms with E-state index in [0.29, 0.717) is 3.53 Å². The molecule has 0 rings (SSSR count). The van der Waals surface area contributed by atoms with Gasteiger partial charge in [-0.2, -0.15) is 0 Å². The Balaban J connectivity index is 3.40. The van der Waals surface area contributed by atoms with Crippen LogP contribution in [0.5, 0.6) is 0 Å². The Morgan fingerprint density at radius 3 is 2.50 bits per heavy atom. The molecule has 0 atom stereocenters. The van der Waals surface area contributed by atoms with Crippen LogP contribution in [0.2, 0.25) is 0 Å². The first kappa shape index (κ1) is 8.42.